The Morgan fingerprint density at radius 2 is 2.35 bits per heavy atom. The summed E-state index contributed by atoms with van der Waals surface area (Å²) in [6.45, 7) is 4.44. The zero-order valence-electron chi connectivity index (χ0n) is 10.1. The van der Waals surface area contributed by atoms with Crippen molar-refractivity contribution in [1.82, 2.24) is 4.98 Å². The lowest BCUT2D eigenvalue weighted by Crippen LogP contribution is -2.28. The molecule has 0 aliphatic carbocycles. The van der Waals surface area contributed by atoms with Crippen LogP contribution in [-0.2, 0) is 9.53 Å². The fourth-order valence-corrected chi connectivity index (χ4v) is 1.57. The Hall–Kier alpha value is -0.940. The van der Waals surface area contributed by atoms with Crippen LogP contribution in [0.25, 0.3) is 0 Å². The highest BCUT2D eigenvalue weighted by atomic mass is 79.9. The average Bonchev–Trinajstić information content (AvgIpc) is 2.29. The highest BCUT2D eigenvalue weighted by Gasteiger charge is 2.13. The number of unbranched alkanes of at least 4 members (excludes halogenated alkanes) is 1. The summed E-state index contributed by atoms with van der Waals surface area (Å²) in [5, 5.41) is 2.75. The highest BCUT2D eigenvalue weighted by molar-refractivity contribution is 9.10. The predicted octanol–water partition coefficient (Wildman–Crippen LogP) is 2.99. The van der Waals surface area contributed by atoms with E-state index in [0.717, 1.165) is 17.3 Å². The molecular formula is C12H17BrN2O2. The van der Waals surface area contributed by atoms with Gasteiger partial charge >= 0.3 is 0 Å². The van der Waals surface area contributed by atoms with Crippen molar-refractivity contribution in [2.45, 2.75) is 32.8 Å². The van der Waals surface area contributed by atoms with Gasteiger partial charge in [-0.1, -0.05) is 13.3 Å². The van der Waals surface area contributed by atoms with Crippen LogP contribution in [0.2, 0.25) is 0 Å². The van der Waals surface area contributed by atoms with Crippen LogP contribution in [0, 0.1) is 0 Å². The molecule has 0 aliphatic heterocycles. The molecule has 5 heteroatoms. The molecule has 0 saturated carbocycles. The molecule has 0 spiro atoms. The van der Waals surface area contributed by atoms with E-state index in [0.29, 0.717) is 12.3 Å². The van der Waals surface area contributed by atoms with E-state index in [4.69, 9.17) is 4.74 Å². The van der Waals surface area contributed by atoms with Crippen molar-refractivity contribution >= 4 is 27.5 Å². The summed E-state index contributed by atoms with van der Waals surface area (Å²) in [7, 11) is 0. The maximum atomic E-state index is 11.7. The molecule has 1 heterocycles. The van der Waals surface area contributed by atoms with E-state index in [2.05, 4.69) is 33.2 Å². The summed E-state index contributed by atoms with van der Waals surface area (Å²) in [5.74, 6) is -0.152. The second kappa shape index (κ2) is 7.40. The van der Waals surface area contributed by atoms with Crippen molar-refractivity contribution in [2.75, 3.05) is 11.9 Å². The number of rotatable bonds is 6. The van der Waals surface area contributed by atoms with Gasteiger partial charge in [-0.15, -0.1) is 0 Å². The summed E-state index contributed by atoms with van der Waals surface area (Å²) in [4.78, 5) is 15.7. The van der Waals surface area contributed by atoms with E-state index < -0.39 is 6.10 Å². The number of hydrogen-bond acceptors (Lipinski definition) is 3. The molecule has 0 saturated heterocycles. The van der Waals surface area contributed by atoms with E-state index in [9.17, 15) is 4.79 Å². The molecule has 1 rings (SSSR count). The van der Waals surface area contributed by atoms with Crippen molar-refractivity contribution in [3.05, 3.63) is 22.9 Å². The number of pyridine rings is 1. The zero-order chi connectivity index (χ0) is 12.7. The van der Waals surface area contributed by atoms with Crippen LogP contribution in [0.4, 0.5) is 5.69 Å². The monoisotopic (exact) mass is 300 g/mol. The van der Waals surface area contributed by atoms with Gasteiger partial charge in [0, 0.05) is 17.3 Å². The van der Waals surface area contributed by atoms with Gasteiger partial charge in [-0.2, -0.15) is 0 Å². The minimum Gasteiger partial charge on any atom is -0.369 e. The first-order valence-electron chi connectivity index (χ1n) is 5.66. The summed E-state index contributed by atoms with van der Waals surface area (Å²) < 4.78 is 6.23. The maximum absolute atomic E-state index is 11.7. The molecule has 1 N–H and O–H groups in total. The molecule has 4 nitrogen and oxygen atoms in total. The lowest BCUT2D eigenvalue weighted by atomic mass is 10.3. The number of aromatic nitrogens is 1. The Morgan fingerprint density at radius 1 is 1.59 bits per heavy atom. The van der Waals surface area contributed by atoms with E-state index in [1.54, 1.807) is 25.4 Å². The fourth-order valence-electron chi connectivity index (χ4n) is 1.20. The van der Waals surface area contributed by atoms with Crippen molar-refractivity contribution in [3.8, 4) is 0 Å². The highest BCUT2D eigenvalue weighted by Crippen LogP contribution is 2.14. The second-order valence-corrected chi connectivity index (χ2v) is 4.66. The van der Waals surface area contributed by atoms with Gasteiger partial charge in [-0.3, -0.25) is 9.78 Å². The standard InChI is InChI=1S/C12H17BrN2O2/c1-3-4-5-17-9(2)12(16)15-11-6-10(13)7-14-8-11/h6-9H,3-5H2,1-2H3,(H,15,16)/t9-/m1/s1. The summed E-state index contributed by atoms with van der Waals surface area (Å²) in [6, 6.07) is 1.80. The Bertz CT molecular complexity index is 371. The fraction of sp³-hybridized carbons (Fsp3) is 0.500. The van der Waals surface area contributed by atoms with Gasteiger partial charge in [0.2, 0.25) is 0 Å². The quantitative estimate of drug-likeness (QED) is 0.822. The first-order chi connectivity index (χ1) is 8.13. The van der Waals surface area contributed by atoms with Crippen LogP contribution in [-0.4, -0.2) is 23.6 Å². The molecule has 0 aromatic carbocycles. The normalized spacial score (nSPS) is 12.2. The molecule has 1 aromatic heterocycles. The zero-order valence-corrected chi connectivity index (χ0v) is 11.7. The van der Waals surface area contributed by atoms with Gasteiger partial charge in [0.05, 0.1) is 11.9 Å². The first kappa shape index (κ1) is 14.1. The minimum absolute atomic E-state index is 0.152. The number of hydrogen-bond donors (Lipinski definition) is 1. The molecule has 94 valence electrons. The third kappa shape index (κ3) is 5.28. The first-order valence-corrected chi connectivity index (χ1v) is 6.45. The Labute approximate surface area is 110 Å². The molecule has 1 aromatic rings. The van der Waals surface area contributed by atoms with Crippen LogP contribution in [0.1, 0.15) is 26.7 Å². The third-order valence-corrected chi connectivity index (χ3v) is 2.64. The number of halogens is 1. The van der Waals surface area contributed by atoms with Crippen molar-refractivity contribution < 1.29 is 9.53 Å². The smallest absolute Gasteiger partial charge is 0.253 e. The van der Waals surface area contributed by atoms with E-state index >= 15 is 0 Å². The van der Waals surface area contributed by atoms with Crippen LogP contribution in [0.3, 0.4) is 0 Å². The Balaban J connectivity index is 2.43. The average molecular weight is 301 g/mol. The molecule has 0 fully saturated rings. The lowest BCUT2D eigenvalue weighted by molar-refractivity contribution is -0.126. The van der Waals surface area contributed by atoms with Crippen molar-refractivity contribution in [1.29, 1.82) is 0 Å². The van der Waals surface area contributed by atoms with E-state index in [-0.39, 0.29) is 5.91 Å². The van der Waals surface area contributed by atoms with E-state index in [1.807, 2.05) is 0 Å². The molecule has 0 radical (unpaired) electrons. The van der Waals surface area contributed by atoms with Gasteiger partial charge in [0.1, 0.15) is 6.10 Å². The number of nitrogens with zero attached hydrogens (tertiary/aromatic N) is 1. The van der Waals surface area contributed by atoms with Gasteiger partial charge in [-0.25, -0.2) is 0 Å². The summed E-state index contributed by atoms with van der Waals surface area (Å²) in [5.41, 5.74) is 0.662. The van der Waals surface area contributed by atoms with E-state index in [1.165, 1.54) is 0 Å². The molecule has 1 atom stereocenters. The van der Waals surface area contributed by atoms with Gasteiger partial charge in [-0.05, 0) is 35.3 Å². The molecule has 0 aliphatic rings. The largest absolute Gasteiger partial charge is 0.369 e. The van der Waals surface area contributed by atoms with Gasteiger partial charge in [0.15, 0.2) is 0 Å². The molecule has 17 heavy (non-hydrogen) atoms. The maximum Gasteiger partial charge on any atom is 0.253 e. The van der Waals surface area contributed by atoms with Crippen LogP contribution in [0.15, 0.2) is 22.9 Å². The lowest BCUT2D eigenvalue weighted by Gasteiger charge is -2.12. The number of anilines is 1. The topological polar surface area (TPSA) is 51.2 Å². The van der Waals surface area contributed by atoms with Crippen LogP contribution >= 0.6 is 15.9 Å². The van der Waals surface area contributed by atoms with Crippen LogP contribution < -0.4 is 5.32 Å². The van der Waals surface area contributed by atoms with Crippen LogP contribution in [0.5, 0.6) is 0 Å². The Morgan fingerprint density at radius 3 is 3.00 bits per heavy atom. The number of carbonyl (C=O) groups is 1. The number of amides is 1. The summed E-state index contributed by atoms with van der Waals surface area (Å²) >= 11 is 3.30. The predicted molar refractivity (Wildman–Crippen MR) is 70.9 cm³/mol. The van der Waals surface area contributed by atoms with Gasteiger partial charge < -0.3 is 10.1 Å². The van der Waals surface area contributed by atoms with Gasteiger partial charge in [0.25, 0.3) is 5.91 Å². The SMILES string of the molecule is CCCCO[C@H](C)C(=O)Nc1cncc(Br)c1. The number of ether oxygens (including phenoxy) is 1. The summed E-state index contributed by atoms with van der Waals surface area (Å²) in [6.07, 6.45) is 4.85. The van der Waals surface area contributed by atoms with Crippen molar-refractivity contribution in [2.24, 2.45) is 0 Å². The minimum atomic E-state index is -0.444. The second-order valence-electron chi connectivity index (χ2n) is 3.75. The van der Waals surface area contributed by atoms with Crippen molar-refractivity contribution in [3.63, 3.8) is 0 Å². The molecule has 1 amide bonds. The molecular weight excluding hydrogens is 284 g/mol. The third-order valence-electron chi connectivity index (χ3n) is 2.21. The molecule has 0 bridgehead atoms. The molecule has 0 unspecified atom stereocenters. The number of nitrogens with one attached hydrogen (secondary N) is 1. The number of carbonyl (C=O) groups excluding carboxylic acids is 1. The Kier molecular flexibility index (Phi) is 6.15.